The molecule has 0 unspecified atom stereocenters. The zero-order chi connectivity index (χ0) is 15.3. The number of aromatic amines is 1. The van der Waals surface area contributed by atoms with Crippen LogP contribution in [0.3, 0.4) is 0 Å². The monoisotopic (exact) mass is 315 g/mol. The summed E-state index contributed by atoms with van der Waals surface area (Å²) in [5.74, 6) is -0.0183. The molecule has 2 aromatic rings. The maximum Gasteiger partial charge on any atom is 0.351 e. The molecule has 0 radical (unpaired) electrons. The molecular formula is C10H14N5O5P. The van der Waals surface area contributed by atoms with Crippen LogP contribution >= 0.6 is 7.60 Å². The number of H-pyrrole nitrogens is 1. The molecule has 10 nitrogen and oxygen atoms in total. The number of nitrogens with two attached hydrogens (primary N) is 1. The lowest BCUT2D eigenvalue weighted by Gasteiger charge is -2.16. The number of hydrogen-bond acceptors (Lipinski definition) is 6. The third-order valence-electron chi connectivity index (χ3n) is 3.33. The van der Waals surface area contributed by atoms with Crippen molar-refractivity contribution in [2.24, 2.45) is 0 Å². The second-order valence-corrected chi connectivity index (χ2v) is 6.72. The number of nitrogen functional groups attached to an aromatic ring is 1. The molecule has 11 heteroatoms. The first-order chi connectivity index (χ1) is 9.78. The zero-order valence-corrected chi connectivity index (χ0v) is 11.8. The van der Waals surface area contributed by atoms with Crippen LogP contribution in [0, 0.1) is 0 Å². The average Bonchev–Trinajstić information content (AvgIpc) is 3.02. The van der Waals surface area contributed by atoms with Gasteiger partial charge in [-0.2, -0.15) is 14.6 Å². The lowest BCUT2D eigenvalue weighted by molar-refractivity contribution is 0.0547. The van der Waals surface area contributed by atoms with Crippen molar-refractivity contribution in [3.63, 3.8) is 0 Å². The van der Waals surface area contributed by atoms with Crippen LogP contribution in [-0.4, -0.2) is 41.3 Å². The molecule has 5 N–H and O–H groups in total. The number of fused-ring (bicyclic) bond motifs is 1. The molecule has 0 amide bonds. The van der Waals surface area contributed by atoms with Crippen LogP contribution in [0.25, 0.3) is 5.65 Å². The molecule has 3 rings (SSSR count). The highest BCUT2D eigenvalue weighted by Gasteiger charge is 2.46. The SMILES string of the molecule is Nc1nc2c(CC3(OCP(=O)(O)O)CC3)cnn2c(=O)[nH]1. The van der Waals surface area contributed by atoms with E-state index >= 15 is 0 Å². The first-order valence-electron chi connectivity index (χ1n) is 6.19. The second-order valence-electron chi connectivity index (χ2n) is 5.13. The molecule has 0 spiro atoms. The van der Waals surface area contributed by atoms with Crippen LogP contribution in [-0.2, 0) is 15.7 Å². The standard InChI is InChI=1S/C10H14N5O5P/c11-8-13-7-6(4-12-15(7)9(16)14-8)3-10(1-2-10)20-5-21(17,18)19/h4H,1-3,5H2,(H2,17,18,19)(H3,11,13,14,16). The first kappa shape index (κ1) is 14.2. The third-order valence-corrected chi connectivity index (χ3v) is 3.80. The number of aromatic nitrogens is 4. The summed E-state index contributed by atoms with van der Waals surface area (Å²) in [4.78, 5) is 35.7. The fourth-order valence-electron chi connectivity index (χ4n) is 2.15. The van der Waals surface area contributed by atoms with Gasteiger partial charge in [-0.1, -0.05) is 0 Å². The van der Waals surface area contributed by atoms with Crippen LogP contribution in [0.2, 0.25) is 0 Å². The Morgan fingerprint density at radius 1 is 1.52 bits per heavy atom. The molecule has 1 aliphatic carbocycles. The van der Waals surface area contributed by atoms with Crippen LogP contribution in [0.15, 0.2) is 11.0 Å². The van der Waals surface area contributed by atoms with Crippen molar-refractivity contribution in [2.45, 2.75) is 24.9 Å². The van der Waals surface area contributed by atoms with Crippen molar-refractivity contribution in [1.29, 1.82) is 0 Å². The lowest BCUT2D eigenvalue weighted by atomic mass is 10.1. The van der Waals surface area contributed by atoms with Crippen LogP contribution in [0.4, 0.5) is 5.95 Å². The minimum atomic E-state index is -4.21. The molecule has 0 saturated heterocycles. The summed E-state index contributed by atoms with van der Waals surface area (Å²) < 4.78 is 17.3. The maximum absolute atomic E-state index is 11.6. The lowest BCUT2D eigenvalue weighted by Crippen LogP contribution is -2.21. The predicted molar refractivity (Wildman–Crippen MR) is 71.7 cm³/mol. The van der Waals surface area contributed by atoms with Gasteiger partial charge in [-0.25, -0.2) is 4.79 Å². The van der Waals surface area contributed by atoms with E-state index in [1.165, 1.54) is 6.20 Å². The molecule has 0 atom stereocenters. The van der Waals surface area contributed by atoms with Gasteiger partial charge in [0.25, 0.3) is 0 Å². The van der Waals surface area contributed by atoms with Gasteiger partial charge in [0.1, 0.15) is 6.35 Å². The minimum Gasteiger partial charge on any atom is -0.369 e. The Morgan fingerprint density at radius 3 is 2.86 bits per heavy atom. The van der Waals surface area contributed by atoms with E-state index in [-0.39, 0.29) is 5.95 Å². The minimum absolute atomic E-state index is 0.0183. The van der Waals surface area contributed by atoms with Gasteiger partial charge in [-0.05, 0) is 12.8 Å². The van der Waals surface area contributed by atoms with Gasteiger partial charge in [0.05, 0.1) is 11.8 Å². The van der Waals surface area contributed by atoms with Crippen LogP contribution in [0.1, 0.15) is 18.4 Å². The summed E-state index contributed by atoms with van der Waals surface area (Å²) in [6, 6.07) is 0. The van der Waals surface area contributed by atoms with Crippen LogP contribution in [0.5, 0.6) is 0 Å². The Bertz CT molecular complexity index is 789. The molecule has 1 saturated carbocycles. The predicted octanol–water partition coefficient (Wildman–Crippen LogP) is -0.773. The van der Waals surface area contributed by atoms with Crippen molar-refractivity contribution >= 4 is 19.2 Å². The average molecular weight is 315 g/mol. The smallest absolute Gasteiger partial charge is 0.351 e. The highest BCUT2D eigenvalue weighted by molar-refractivity contribution is 7.51. The highest BCUT2D eigenvalue weighted by Crippen LogP contribution is 2.46. The Labute approximate surface area is 118 Å². The van der Waals surface area contributed by atoms with E-state index in [1.54, 1.807) is 0 Å². The molecule has 1 aliphatic rings. The van der Waals surface area contributed by atoms with Gasteiger partial charge in [0.2, 0.25) is 5.95 Å². The van der Waals surface area contributed by atoms with Crippen molar-refractivity contribution in [1.82, 2.24) is 19.6 Å². The van der Waals surface area contributed by atoms with Gasteiger partial charge in [0, 0.05) is 12.0 Å². The first-order valence-corrected chi connectivity index (χ1v) is 7.99. The summed E-state index contributed by atoms with van der Waals surface area (Å²) in [6.07, 6.45) is 2.60. The van der Waals surface area contributed by atoms with Gasteiger partial charge in [0.15, 0.2) is 5.65 Å². The number of nitrogens with one attached hydrogen (secondary N) is 1. The quantitative estimate of drug-likeness (QED) is 0.524. The fourth-order valence-corrected chi connectivity index (χ4v) is 2.59. The number of rotatable bonds is 5. The number of ether oxygens (including phenoxy) is 1. The van der Waals surface area contributed by atoms with E-state index in [4.69, 9.17) is 20.3 Å². The van der Waals surface area contributed by atoms with Crippen molar-refractivity contribution in [3.8, 4) is 0 Å². The largest absolute Gasteiger partial charge is 0.369 e. The molecule has 0 aromatic carbocycles. The summed E-state index contributed by atoms with van der Waals surface area (Å²) in [5, 5.41) is 3.93. The Hall–Kier alpha value is -1.74. The summed E-state index contributed by atoms with van der Waals surface area (Å²) in [6.45, 7) is 0. The molecule has 114 valence electrons. The summed E-state index contributed by atoms with van der Waals surface area (Å²) in [7, 11) is -4.21. The zero-order valence-electron chi connectivity index (χ0n) is 10.9. The van der Waals surface area contributed by atoms with E-state index in [9.17, 15) is 9.36 Å². The molecule has 0 bridgehead atoms. The van der Waals surface area contributed by atoms with Crippen molar-refractivity contribution in [3.05, 3.63) is 22.2 Å². The van der Waals surface area contributed by atoms with Gasteiger partial charge >= 0.3 is 13.3 Å². The second kappa shape index (κ2) is 4.63. The normalized spacial score (nSPS) is 17.2. The topological polar surface area (TPSA) is 156 Å². The molecule has 1 fully saturated rings. The molecule has 21 heavy (non-hydrogen) atoms. The number of anilines is 1. The van der Waals surface area contributed by atoms with Crippen LogP contribution < -0.4 is 11.4 Å². The van der Waals surface area contributed by atoms with E-state index in [2.05, 4.69) is 15.1 Å². The molecule has 2 heterocycles. The molecule has 2 aromatic heterocycles. The van der Waals surface area contributed by atoms with Crippen molar-refractivity contribution in [2.75, 3.05) is 12.1 Å². The van der Waals surface area contributed by atoms with E-state index in [0.717, 1.165) is 4.52 Å². The van der Waals surface area contributed by atoms with Gasteiger partial charge < -0.3 is 20.3 Å². The number of nitrogens with zero attached hydrogens (tertiary/aromatic N) is 3. The van der Waals surface area contributed by atoms with E-state index in [0.29, 0.717) is 30.5 Å². The number of hydrogen-bond donors (Lipinski definition) is 4. The van der Waals surface area contributed by atoms with Crippen molar-refractivity contribution < 1.29 is 19.1 Å². The highest BCUT2D eigenvalue weighted by atomic mass is 31.2. The summed E-state index contributed by atoms with van der Waals surface area (Å²) >= 11 is 0. The fraction of sp³-hybridized carbons (Fsp3) is 0.500. The Balaban J connectivity index is 1.85. The Kier molecular flexibility index (Phi) is 3.14. The summed E-state index contributed by atoms with van der Waals surface area (Å²) in [5.41, 5.74) is 5.36. The maximum atomic E-state index is 11.6. The molecule has 0 aliphatic heterocycles. The van der Waals surface area contributed by atoms with E-state index in [1.807, 2.05) is 0 Å². The van der Waals surface area contributed by atoms with E-state index < -0.39 is 25.2 Å². The third kappa shape index (κ3) is 2.98. The van der Waals surface area contributed by atoms with Gasteiger partial charge in [-0.3, -0.25) is 9.55 Å². The van der Waals surface area contributed by atoms with Gasteiger partial charge in [-0.15, -0.1) is 0 Å². The Morgan fingerprint density at radius 2 is 2.24 bits per heavy atom. The molecular weight excluding hydrogens is 301 g/mol.